The molecule has 0 unspecified atom stereocenters. The number of aromatic nitrogens is 5. The molecule has 0 aliphatic carbocycles. The Kier molecular flexibility index (Phi) is 4.91. The highest BCUT2D eigenvalue weighted by Crippen LogP contribution is 2.26. The van der Waals surface area contributed by atoms with Crippen LogP contribution in [0.3, 0.4) is 0 Å². The Bertz CT molecular complexity index is 883. The van der Waals surface area contributed by atoms with Crippen LogP contribution in [0.4, 0.5) is 23.4 Å². The number of benzene rings is 1. The lowest BCUT2D eigenvalue weighted by Gasteiger charge is -2.34. The van der Waals surface area contributed by atoms with Gasteiger partial charge in [0.25, 0.3) is 0 Å². The zero-order valence-electron chi connectivity index (χ0n) is 15.0. The number of rotatable bonds is 5. The van der Waals surface area contributed by atoms with Crippen LogP contribution in [0.25, 0.3) is 0 Å². The fraction of sp³-hybridized carbons (Fsp3) is 0.278. The van der Waals surface area contributed by atoms with Gasteiger partial charge in [-0.2, -0.15) is 10.1 Å². The number of nitrogens with zero attached hydrogens (tertiary/aromatic N) is 7. The second kappa shape index (κ2) is 7.81. The Labute approximate surface area is 157 Å². The average molecular weight is 364 g/mol. The molecule has 1 aliphatic heterocycles. The summed E-state index contributed by atoms with van der Waals surface area (Å²) in [7, 11) is 1.64. The zero-order valence-corrected chi connectivity index (χ0v) is 15.0. The SMILES string of the molecule is COc1ccccc1Nc1cnnc(N2CCN(c3ncccn3)CC2)n1. The number of hydrogen-bond acceptors (Lipinski definition) is 9. The second-order valence-corrected chi connectivity index (χ2v) is 5.99. The van der Waals surface area contributed by atoms with E-state index < -0.39 is 0 Å². The molecule has 3 heterocycles. The van der Waals surface area contributed by atoms with E-state index in [1.165, 1.54) is 0 Å². The number of ether oxygens (including phenoxy) is 1. The van der Waals surface area contributed by atoms with E-state index in [0.717, 1.165) is 43.6 Å². The first-order chi connectivity index (χ1) is 13.3. The lowest BCUT2D eigenvalue weighted by molar-refractivity contribution is 0.417. The first kappa shape index (κ1) is 17.0. The molecule has 1 N–H and O–H groups in total. The lowest BCUT2D eigenvalue weighted by atomic mass is 10.3. The molecule has 27 heavy (non-hydrogen) atoms. The van der Waals surface area contributed by atoms with Gasteiger partial charge in [0.05, 0.1) is 19.0 Å². The van der Waals surface area contributed by atoms with Crippen molar-refractivity contribution in [1.29, 1.82) is 0 Å². The molecular weight excluding hydrogens is 344 g/mol. The average Bonchev–Trinajstić information content (AvgIpc) is 2.75. The molecule has 3 aromatic rings. The third-order valence-corrected chi connectivity index (χ3v) is 4.31. The summed E-state index contributed by atoms with van der Waals surface area (Å²) < 4.78 is 5.36. The molecule has 0 bridgehead atoms. The van der Waals surface area contributed by atoms with Crippen LogP contribution in [0, 0.1) is 0 Å². The van der Waals surface area contributed by atoms with Crippen LogP contribution in [0.15, 0.2) is 48.9 Å². The van der Waals surface area contributed by atoms with Gasteiger partial charge in [-0.15, -0.1) is 5.10 Å². The number of nitrogens with one attached hydrogen (secondary N) is 1. The van der Waals surface area contributed by atoms with Crippen LogP contribution >= 0.6 is 0 Å². The molecule has 1 aromatic carbocycles. The smallest absolute Gasteiger partial charge is 0.247 e. The maximum Gasteiger partial charge on any atom is 0.247 e. The van der Waals surface area contributed by atoms with Crippen molar-refractivity contribution in [2.75, 3.05) is 48.4 Å². The van der Waals surface area contributed by atoms with E-state index in [2.05, 4.69) is 40.3 Å². The standard InChI is InChI=1S/C18H20N8O/c1-27-15-6-3-2-5-14(15)22-16-13-21-24-18(23-16)26-11-9-25(10-12-26)17-19-7-4-8-20-17/h2-8,13H,9-12H2,1H3,(H,22,23,24). The predicted octanol–water partition coefficient (Wildman–Crippen LogP) is 1.74. The van der Waals surface area contributed by atoms with Gasteiger partial charge in [0.1, 0.15) is 5.75 Å². The van der Waals surface area contributed by atoms with Gasteiger partial charge in [0.15, 0.2) is 5.82 Å². The van der Waals surface area contributed by atoms with Crippen LogP contribution in [0.2, 0.25) is 0 Å². The van der Waals surface area contributed by atoms with E-state index in [9.17, 15) is 0 Å². The maximum absolute atomic E-state index is 5.36. The molecule has 0 spiro atoms. The molecule has 4 rings (SSSR count). The van der Waals surface area contributed by atoms with Gasteiger partial charge in [0.2, 0.25) is 11.9 Å². The molecule has 9 heteroatoms. The van der Waals surface area contributed by atoms with Crippen LogP contribution in [0.5, 0.6) is 5.75 Å². The summed E-state index contributed by atoms with van der Waals surface area (Å²) in [4.78, 5) is 17.5. The number of para-hydroxylation sites is 2. The fourth-order valence-corrected chi connectivity index (χ4v) is 2.94. The normalized spacial score (nSPS) is 14.1. The third kappa shape index (κ3) is 3.86. The molecular formula is C18H20N8O. The number of anilines is 4. The molecule has 138 valence electrons. The Balaban J connectivity index is 1.44. The van der Waals surface area contributed by atoms with Gasteiger partial charge >= 0.3 is 0 Å². The summed E-state index contributed by atoms with van der Waals surface area (Å²) >= 11 is 0. The summed E-state index contributed by atoms with van der Waals surface area (Å²) in [5.41, 5.74) is 0.831. The zero-order chi connectivity index (χ0) is 18.5. The first-order valence-electron chi connectivity index (χ1n) is 8.70. The van der Waals surface area contributed by atoms with Crippen LogP contribution in [-0.4, -0.2) is 58.4 Å². The summed E-state index contributed by atoms with van der Waals surface area (Å²) in [6.07, 6.45) is 5.12. The van der Waals surface area contributed by atoms with Gasteiger partial charge in [-0.05, 0) is 18.2 Å². The molecule has 0 saturated carbocycles. The van der Waals surface area contributed by atoms with Crippen molar-refractivity contribution in [3.8, 4) is 5.75 Å². The molecule has 9 nitrogen and oxygen atoms in total. The molecule has 1 fully saturated rings. The van der Waals surface area contributed by atoms with Gasteiger partial charge in [-0.1, -0.05) is 12.1 Å². The Morgan fingerprint density at radius 1 is 0.926 bits per heavy atom. The molecule has 0 radical (unpaired) electrons. The van der Waals surface area contributed by atoms with E-state index >= 15 is 0 Å². The number of piperazine rings is 1. The van der Waals surface area contributed by atoms with Crippen molar-refractivity contribution >= 4 is 23.4 Å². The molecule has 0 atom stereocenters. The van der Waals surface area contributed by atoms with Crippen molar-refractivity contribution in [2.45, 2.75) is 0 Å². The van der Waals surface area contributed by atoms with Gasteiger partial charge < -0.3 is 19.9 Å². The van der Waals surface area contributed by atoms with E-state index in [-0.39, 0.29) is 0 Å². The van der Waals surface area contributed by atoms with E-state index in [1.807, 2.05) is 30.3 Å². The summed E-state index contributed by atoms with van der Waals surface area (Å²) in [6, 6.07) is 9.50. The summed E-state index contributed by atoms with van der Waals surface area (Å²) in [5, 5.41) is 11.5. The predicted molar refractivity (Wildman–Crippen MR) is 103 cm³/mol. The maximum atomic E-state index is 5.36. The van der Waals surface area contributed by atoms with Gasteiger partial charge in [0, 0.05) is 38.6 Å². The highest BCUT2D eigenvalue weighted by atomic mass is 16.5. The third-order valence-electron chi connectivity index (χ3n) is 4.31. The van der Waals surface area contributed by atoms with Crippen LogP contribution in [-0.2, 0) is 0 Å². The summed E-state index contributed by atoms with van der Waals surface area (Å²) in [6.45, 7) is 3.16. The van der Waals surface area contributed by atoms with Crippen molar-refractivity contribution in [1.82, 2.24) is 25.1 Å². The quantitative estimate of drug-likeness (QED) is 0.726. The molecule has 1 saturated heterocycles. The summed E-state index contributed by atoms with van der Waals surface area (Å²) in [5.74, 6) is 2.72. The van der Waals surface area contributed by atoms with Crippen molar-refractivity contribution in [3.05, 3.63) is 48.9 Å². The minimum Gasteiger partial charge on any atom is -0.495 e. The minimum atomic E-state index is 0.600. The van der Waals surface area contributed by atoms with Crippen molar-refractivity contribution in [3.63, 3.8) is 0 Å². The lowest BCUT2D eigenvalue weighted by Crippen LogP contribution is -2.47. The Hall–Kier alpha value is -3.49. The van der Waals surface area contributed by atoms with Gasteiger partial charge in [-0.3, -0.25) is 0 Å². The molecule has 2 aromatic heterocycles. The number of hydrogen-bond donors (Lipinski definition) is 1. The van der Waals surface area contributed by atoms with E-state index in [0.29, 0.717) is 11.8 Å². The van der Waals surface area contributed by atoms with Crippen molar-refractivity contribution in [2.24, 2.45) is 0 Å². The van der Waals surface area contributed by atoms with E-state index in [1.54, 1.807) is 25.7 Å². The molecule has 1 aliphatic rings. The number of methoxy groups -OCH3 is 1. The second-order valence-electron chi connectivity index (χ2n) is 5.99. The van der Waals surface area contributed by atoms with Crippen LogP contribution in [0.1, 0.15) is 0 Å². The van der Waals surface area contributed by atoms with Crippen LogP contribution < -0.4 is 19.9 Å². The fourth-order valence-electron chi connectivity index (χ4n) is 2.94. The topological polar surface area (TPSA) is 92.2 Å². The van der Waals surface area contributed by atoms with E-state index in [4.69, 9.17) is 4.74 Å². The highest BCUT2D eigenvalue weighted by molar-refractivity contribution is 5.64. The van der Waals surface area contributed by atoms with Crippen molar-refractivity contribution < 1.29 is 4.74 Å². The highest BCUT2D eigenvalue weighted by Gasteiger charge is 2.21. The first-order valence-corrected chi connectivity index (χ1v) is 8.70. The Morgan fingerprint density at radius 3 is 2.37 bits per heavy atom. The molecule has 0 amide bonds. The minimum absolute atomic E-state index is 0.600. The Morgan fingerprint density at radius 2 is 1.63 bits per heavy atom. The van der Waals surface area contributed by atoms with Gasteiger partial charge in [-0.25, -0.2) is 9.97 Å². The monoisotopic (exact) mass is 364 g/mol. The largest absolute Gasteiger partial charge is 0.495 e.